The molecule has 0 saturated heterocycles. The van der Waals surface area contributed by atoms with Gasteiger partial charge in [-0.15, -0.1) is 10.2 Å². The molecule has 0 bridgehead atoms. The van der Waals surface area contributed by atoms with Gasteiger partial charge in [0.2, 0.25) is 17.7 Å². The molecule has 1 amide bonds. The molecule has 0 aliphatic carbocycles. The lowest BCUT2D eigenvalue weighted by Crippen LogP contribution is -2.17. The highest BCUT2D eigenvalue weighted by Gasteiger charge is 2.23. The van der Waals surface area contributed by atoms with E-state index in [2.05, 4.69) is 15.5 Å². The van der Waals surface area contributed by atoms with Crippen molar-refractivity contribution in [1.82, 2.24) is 10.2 Å². The predicted octanol–water partition coefficient (Wildman–Crippen LogP) is 3.60. The van der Waals surface area contributed by atoms with E-state index in [-0.39, 0.29) is 18.2 Å². The first-order valence-corrected chi connectivity index (χ1v) is 8.45. The Morgan fingerprint density at radius 1 is 1.08 bits per heavy atom. The van der Waals surface area contributed by atoms with Crippen molar-refractivity contribution < 1.29 is 9.21 Å². The van der Waals surface area contributed by atoms with Gasteiger partial charge in [-0.2, -0.15) is 0 Å². The van der Waals surface area contributed by atoms with Gasteiger partial charge in [-0.05, 0) is 29.8 Å². The van der Waals surface area contributed by atoms with Crippen LogP contribution < -0.4 is 10.2 Å². The number of amides is 1. The molecule has 0 spiro atoms. The molecule has 1 atom stereocenters. The maximum Gasteiger partial charge on any atom is 0.225 e. The molecule has 1 aromatic heterocycles. The van der Waals surface area contributed by atoms with Crippen LogP contribution in [0.4, 0.5) is 11.4 Å². The molecule has 6 nitrogen and oxygen atoms in total. The number of nitrogens with zero attached hydrogens (tertiary/aromatic N) is 3. The van der Waals surface area contributed by atoms with Crippen LogP contribution in [0.25, 0.3) is 0 Å². The van der Waals surface area contributed by atoms with Crippen molar-refractivity contribution in [2.45, 2.75) is 19.3 Å². The first-order chi connectivity index (χ1) is 12.5. The van der Waals surface area contributed by atoms with Gasteiger partial charge in [0, 0.05) is 38.8 Å². The van der Waals surface area contributed by atoms with Gasteiger partial charge in [0.25, 0.3) is 0 Å². The second-order valence-electron chi connectivity index (χ2n) is 6.32. The third-order valence-corrected chi connectivity index (χ3v) is 4.10. The highest BCUT2D eigenvalue weighted by atomic mass is 16.4. The summed E-state index contributed by atoms with van der Waals surface area (Å²) < 4.78 is 5.59. The van der Waals surface area contributed by atoms with Crippen molar-refractivity contribution in [2.24, 2.45) is 0 Å². The fourth-order valence-electron chi connectivity index (χ4n) is 2.73. The van der Waals surface area contributed by atoms with Crippen LogP contribution >= 0.6 is 0 Å². The molecule has 6 heteroatoms. The average Bonchev–Trinajstić information content (AvgIpc) is 3.07. The van der Waals surface area contributed by atoms with Crippen LogP contribution in [0.5, 0.6) is 0 Å². The summed E-state index contributed by atoms with van der Waals surface area (Å²) in [7, 11) is 3.95. The molecule has 3 rings (SSSR count). The van der Waals surface area contributed by atoms with Crippen LogP contribution in [-0.4, -0.2) is 30.2 Å². The fraction of sp³-hybridized carbons (Fsp3) is 0.250. The minimum absolute atomic E-state index is 0.104. The van der Waals surface area contributed by atoms with Crippen molar-refractivity contribution in [3.8, 4) is 0 Å². The molecule has 0 radical (unpaired) electrons. The summed E-state index contributed by atoms with van der Waals surface area (Å²) >= 11 is 0. The van der Waals surface area contributed by atoms with Gasteiger partial charge >= 0.3 is 0 Å². The Balaban J connectivity index is 1.75. The van der Waals surface area contributed by atoms with Crippen LogP contribution in [0, 0.1) is 6.92 Å². The molecule has 0 aliphatic rings. The molecule has 134 valence electrons. The number of aryl methyl sites for hydroxylation is 1. The van der Waals surface area contributed by atoms with Gasteiger partial charge in [-0.3, -0.25) is 4.79 Å². The molecule has 0 saturated carbocycles. The molecule has 2 aromatic carbocycles. The summed E-state index contributed by atoms with van der Waals surface area (Å²) in [6.07, 6.45) is 0.223. The maximum absolute atomic E-state index is 12.6. The summed E-state index contributed by atoms with van der Waals surface area (Å²) in [5.41, 5.74) is 2.80. The molecule has 1 heterocycles. The van der Waals surface area contributed by atoms with Crippen molar-refractivity contribution >= 4 is 17.3 Å². The number of rotatable bonds is 6. The smallest absolute Gasteiger partial charge is 0.225 e. The van der Waals surface area contributed by atoms with Gasteiger partial charge in [0.15, 0.2) is 0 Å². The van der Waals surface area contributed by atoms with E-state index in [9.17, 15) is 4.79 Å². The summed E-state index contributed by atoms with van der Waals surface area (Å²) in [5, 5.41) is 10.9. The summed E-state index contributed by atoms with van der Waals surface area (Å²) in [5.74, 6) is 0.554. The van der Waals surface area contributed by atoms with E-state index in [1.807, 2.05) is 73.6 Å². The largest absolute Gasteiger partial charge is 0.425 e. The Hall–Kier alpha value is -3.15. The van der Waals surface area contributed by atoms with E-state index in [0.29, 0.717) is 11.8 Å². The number of anilines is 2. The Labute approximate surface area is 152 Å². The molecular weight excluding hydrogens is 328 g/mol. The molecule has 1 N–H and O–H groups in total. The first-order valence-electron chi connectivity index (χ1n) is 8.45. The third kappa shape index (κ3) is 4.27. The highest BCUT2D eigenvalue weighted by Crippen LogP contribution is 2.27. The number of hydrogen-bond donors (Lipinski definition) is 1. The van der Waals surface area contributed by atoms with Crippen LogP contribution in [-0.2, 0) is 4.79 Å². The van der Waals surface area contributed by atoms with Crippen LogP contribution in [0.1, 0.15) is 29.7 Å². The van der Waals surface area contributed by atoms with Crippen LogP contribution in [0.2, 0.25) is 0 Å². The average molecular weight is 350 g/mol. The number of nitrogens with one attached hydrogen (secondary N) is 1. The Kier molecular flexibility index (Phi) is 5.31. The minimum atomic E-state index is -0.279. The zero-order valence-corrected chi connectivity index (χ0v) is 15.1. The van der Waals surface area contributed by atoms with Gasteiger partial charge in [-0.25, -0.2) is 0 Å². The lowest BCUT2D eigenvalue weighted by Gasteiger charge is -2.15. The van der Waals surface area contributed by atoms with E-state index < -0.39 is 0 Å². The second kappa shape index (κ2) is 7.82. The molecule has 0 fully saturated rings. The highest BCUT2D eigenvalue weighted by molar-refractivity contribution is 5.91. The number of aromatic nitrogens is 2. The van der Waals surface area contributed by atoms with Crippen molar-refractivity contribution in [3.05, 3.63) is 71.9 Å². The second-order valence-corrected chi connectivity index (χ2v) is 6.32. The summed E-state index contributed by atoms with van der Waals surface area (Å²) in [6, 6.07) is 17.4. The molecule has 1 unspecified atom stereocenters. The van der Waals surface area contributed by atoms with Crippen molar-refractivity contribution in [1.29, 1.82) is 0 Å². The SMILES string of the molecule is Cc1nnc(C(CC(=O)Nc2ccc(N(C)C)cc2)c2ccccc2)o1. The van der Waals surface area contributed by atoms with Crippen molar-refractivity contribution in [3.63, 3.8) is 0 Å². The zero-order chi connectivity index (χ0) is 18.5. The monoisotopic (exact) mass is 350 g/mol. The predicted molar refractivity (Wildman–Crippen MR) is 101 cm³/mol. The van der Waals surface area contributed by atoms with E-state index in [0.717, 1.165) is 16.9 Å². The number of carbonyl (C=O) groups is 1. The van der Waals surface area contributed by atoms with E-state index in [4.69, 9.17) is 4.42 Å². The van der Waals surface area contributed by atoms with E-state index in [1.165, 1.54) is 0 Å². The Bertz CT molecular complexity index is 857. The number of carbonyl (C=O) groups excluding carboxylic acids is 1. The van der Waals surface area contributed by atoms with Gasteiger partial charge in [0.05, 0.1) is 5.92 Å². The summed E-state index contributed by atoms with van der Waals surface area (Å²) in [4.78, 5) is 14.6. The lowest BCUT2D eigenvalue weighted by molar-refractivity contribution is -0.116. The van der Waals surface area contributed by atoms with Gasteiger partial charge < -0.3 is 14.6 Å². The number of hydrogen-bond acceptors (Lipinski definition) is 5. The first kappa shape index (κ1) is 17.7. The van der Waals surface area contributed by atoms with Gasteiger partial charge in [0.1, 0.15) is 0 Å². The quantitative estimate of drug-likeness (QED) is 0.735. The van der Waals surface area contributed by atoms with Gasteiger partial charge in [-0.1, -0.05) is 30.3 Å². The Morgan fingerprint density at radius 3 is 2.35 bits per heavy atom. The van der Waals surface area contributed by atoms with E-state index in [1.54, 1.807) is 6.92 Å². The molecule has 0 aliphatic heterocycles. The lowest BCUT2D eigenvalue weighted by atomic mass is 9.95. The standard InChI is InChI=1S/C20H22N4O2/c1-14-22-23-20(26-14)18(15-7-5-4-6-8-15)13-19(25)21-16-9-11-17(12-10-16)24(2)3/h4-12,18H,13H2,1-3H3,(H,21,25). The zero-order valence-electron chi connectivity index (χ0n) is 15.1. The Morgan fingerprint density at radius 2 is 1.77 bits per heavy atom. The van der Waals surface area contributed by atoms with Crippen LogP contribution in [0.3, 0.4) is 0 Å². The molecular formula is C20H22N4O2. The van der Waals surface area contributed by atoms with Crippen LogP contribution in [0.15, 0.2) is 59.0 Å². The maximum atomic E-state index is 12.6. The topological polar surface area (TPSA) is 71.3 Å². The fourth-order valence-corrected chi connectivity index (χ4v) is 2.73. The number of benzene rings is 2. The third-order valence-electron chi connectivity index (χ3n) is 4.10. The minimum Gasteiger partial charge on any atom is -0.425 e. The summed E-state index contributed by atoms with van der Waals surface area (Å²) in [6.45, 7) is 1.74. The molecule has 3 aromatic rings. The van der Waals surface area contributed by atoms with E-state index >= 15 is 0 Å². The normalized spacial score (nSPS) is 11.8. The molecule has 26 heavy (non-hydrogen) atoms. The van der Waals surface area contributed by atoms with Crippen molar-refractivity contribution in [2.75, 3.05) is 24.3 Å².